The second-order valence-corrected chi connectivity index (χ2v) is 6.66. The number of carbonyl (C=O) groups excluding carboxylic acids is 2. The van der Waals surface area contributed by atoms with Crippen molar-refractivity contribution in [1.29, 1.82) is 0 Å². The topological polar surface area (TPSA) is 77.0 Å². The van der Waals surface area contributed by atoms with Crippen LogP contribution in [0.5, 0.6) is 11.5 Å². The summed E-state index contributed by atoms with van der Waals surface area (Å²) in [6.07, 6.45) is 1.57. The molecule has 3 aromatic carbocycles. The molecule has 0 unspecified atom stereocenters. The highest BCUT2D eigenvalue weighted by molar-refractivity contribution is 6.31. The number of halogens is 1. The van der Waals surface area contributed by atoms with E-state index in [9.17, 15) is 9.59 Å². The quantitative estimate of drug-likeness (QED) is 0.267. The maximum atomic E-state index is 12.1. The normalized spacial score (nSPS) is 10.6. The van der Waals surface area contributed by atoms with E-state index in [4.69, 9.17) is 21.1 Å². The highest BCUT2D eigenvalue weighted by Gasteiger charge is 2.09. The standard InChI is InChI=1S/C23H19ClN2O4/c1-29-20-11-12-21(24)18(13-20)14-22(27)26-25-15-16-7-9-19(10-8-16)30-23(28)17-5-3-2-4-6-17/h2-13,15H,14H2,1H3,(H,26,27)/b25-15+. The number of nitrogens with zero attached hydrogens (tertiary/aromatic N) is 1. The molecule has 1 N–H and O–H groups in total. The summed E-state index contributed by atoms with van der Waals surface area (Å²) in [6, 6.07) is 20.6. The lowest BCUT2D eigenvalue weighted by Crippen LogP contribution is -2.20. The van der Waals surface area contributed by atoms with Crippen LogP contribution in [0.25, 0.3) is 0 Å². The minimum Gasteiger partial charge on any atom is -0.497 e. The summed E-state index contributed by atoms with van der Waals surface area (Å²) < 4.78 is 10.5. The van der Waals surface area contributed by atoms with Crippen LogP contribution >= 0.6 is 11.6 Å². The monoisotopic (exact) mass is 422 g/mol. The molecule has 6 nitrogen and oxygen atoms in total. The van der Waals surface area contributed by atoms with Gasteiger partial charge in [0.25, 0.3) is 0 Å². The number of rotatable bonds is 7. The Hall–Kier alpha value is -3.64. The molecule has 0 heterocycles. The smallest absolute Gasteiger partial charge is 0.343 e. The number of esters is 1. The van der Waals surface area contributed by atoms with Crippen LogP contribution in [-0.4, -0.2) is 25.2 Å². The molecule has 1 amide bonds. The van der Waals surface area contributed by atoms with Crippen LogP contribution in [0.2, 0.25) is 5.02 Å². The molecule has 30 heavy (non-hydrogen) atoms. The number of benzene rings is 3. The Morgan fingerprint density at radius 1 is 1.00 bits per heavy atom. The average Bonchev–Trinajstić information content (AvgIpc) is 2.77. The number of nitrogens with one attached hydrogen (secondary N) is 1. The molecule has 0 saturated heterocycles. The molecule has 3 aromatic rings. The van der Waals surface area contributed by atoms with Crippen molar-refractivity contribution in [3.8, 4) is 11.5 Å². The van der Waals surface area contributed by atoms with Crippen molar-refractivity contribution >= 4 is 29.7 Å². The number of hydrogen-bond donors (Lipinski definition) is 1. The average molecular weight is 423 g/mol. The van der Waals surface area contributed by atoms with Crippen LogP contribution < -0.4 is 14.9 Å². The fourth-order valence-corrected chi connectivity index (χ4v) is 2.75. The first-order valence-electron chi connectivity index (χ1n) is 9.07. The Morgan fingerprint density at radius 3 is 2.40 bits per heavy atom. The predicted molar refractivity (Wildman–Crippen MR) is 115 cm³/mol. The number of hydrazone groups is 1. The largest absolute Gasteiger partial charge is 0.497 e. The number of ether oxygens (including phenoxy) is 2. The van der Waals surface area contributed by atoms with E-state index < -0.39 is 5.97 Å². The first-order valence-corrected chi connectivity index (χ1v) is 9.44. The fourth-order valence-electron chi connectivity index (χ4n) is 2.57. The minimum absolute atomic E-state index is 0.0712. The van der Waals surface area contributed by atoms with Crippen molar-refractivity contribution in [1.82, 2.24) is 5.43 Å². The third-order valence-corrected chi connectivity index (χ3v) is 4.48. The number of methoxy groups -OCH3 is 1. The van der Waals surface area contributed by atoms with Gasteiger partial charge in [0, 0.05) is 5.02 Å². The summed E-state index contributed by atoms with van der Waals surface area (Å²) in [6.45, 7) is 0. The first-order chi connectivity index (χ1) is 14.5. The van der Waals surface area contributed by atoms with Crippen molar-refractivity contribution in [2.45, 2.75) is 6.42 Å². The van der Waals surface area contributed by atoms with Crippen LogP contribution in [0.4, 0.5) is 0 Å². The molecule has 0 aliphatic carbocycles. The van der Waals surface area contributed by atoms with E-state index in [1.54, 1.807) is 73.8 Å². The van der Waals surface area contributed by atoms with Gasteiger partial charge in [-0.15, -0.1) is 0 Å². The lowest BCUT2D eigenvalue weighted by Gasteiger charge is -2.06. The van der Waals surface area contributed by atoms with Gasteiger partial charge in [0.1, 0.15) is 11.5 Å². The first kappa shape index (κ1) is 21.1. The molecule has 0 atom stereocenters. The van der Waals surface area contributed by atoms with Gasteiger partial charge in [0.05, 0.1) is 25.3 Å². The highest BCUT2D eigenvalue weighted by atomic mass is 35.5. The van der Waals surface area contributed by atoms with Crippen molar-refractivity contribution in [2.24, 2.45) is 5.10 Å². The molecule has 152 valence electrons. The Bertz CT molecular complexity index is 1050. The van der Waals surface area contributed by atoms with E-state index in [-0.39, 0.29) is 12.3 Å². The van der Waals surface area contributed by atoms with E-state index in [1.807, 2.05) is 6.07 Å². The van der Waals surface area contributed by atoms with E-state index in [2.05, 4.69) is 10.5 Å². The zero-order valence-corrected chi connectivity index (χ0v) is 16.9. The highest BCUT2D eigenvalue weighted by Crippen LogP contribution is 2.22. The molecule has 0 bridgehead atoms. The van der Waals surface area contributed by atoms with E-state index in [0.717, 1.165) is 5.56 Å². The van der Waals surface area contributed by atoms with Crippen molar-refractivity contribution < 1.29 is 19.1 Å². The van der Waals surface area contributed by atoms with Crippen LogP contribution in [-0.2, 0) is 11.2 Å². The van der Waals surface area contributed by atoms with Gasteiger partial charge in [-0.1, -0.05) is 29.8 Å². The molecular formula is C23H19ClN2O4. The van der Waals surface area contributed by atoms with Gasteiger partial charge in [-0.05, 0) is 65.7 Å². The fraction of sp³-hybridized carbons (Fsp3) is 0.0870. The van der Waals surface area contributed by atoms with Gasteiger partial charge >= 0.3 is 5.97 Å². The van der Waals surface area contributed by atoms with Gasteiger partial charge < -0.3 is 9.47 Å². The van der Waals surface area contributed by atoms with Gasteiger partial charge in [-0.3, -0.25) is 4.79 Å². The second-order valence-electron chi connectivity index (χ2n) is 6.25. The summed E-state index contributed by atoms with van der Waals surface area (Å²) in [5.41, 5.74) is 4.31. The molecular weight excluding hydrogens is 404 g/mol. The molecule has 7 heteroatoms. The molecule has 0 aliphatic heterocycles. The lowest BCUT2D eigenvalue weighted by atomic mass is 10.1. The molecule has 0 spiro atoms. The summed E-state index contributed by atoms with van der Waals surface area (Å²) in [4.78, 5) is 24.1. The van der Waals surface area contributed by atoms with Crippen LogP contribution in [0.3, 0.4) is 0 Å². The van der Waals surface area contributed by atoms with Crippen molar-refractivity contribution in [2.75, 3.05) is 7.11 Å². The summed E-state index contributed by atoms with van der Waals surface area (Å²) in [5.74, 6) is 0.298. The third kappa shape index (κ3) is 5.93. The summed E-state index contributed by atoms with van der Waals surface area (Å²) >= 11 is 6.11. The second kappa shape index (κ2) is 10.2. The van der Waals surface area contributed by atoms with Gasteiger partial charge in [-0.2, -0.15) is 5.10 Å². The van der Waals surface area contributed by atoms with Gasteiger partial charge in [0.2, 0.25) is 5.91 Å². The summed E-state index contributed by atoms with van der Waals surface area (Å²) in [5, 5.41) is 4.42. The van der Waals surface area contributed by atoms with Crippen LogP contribution in [0.15, 0.2) is 77.9 Å². The van der Waals surface area contributed by atoms with E-state index in [1.165, 1.54) is 6.21 Å². The predicted octanol–water partition coefficient (Wildman–Crippen LogP) is 4.26. The Kier molecular flexibility index (Phi) is 7.19. The van der Waals surface area contributed by atoms with E-state index in [0.29, 0.717) is 27.6 Å². The van der Waals surface area contributed by atoms with Gasteiger partial charge in [-0.25, -0.2) is 10.2 Å². The van der Waals surface area contributed by atoms with Crippen LogP contribution in [0, 0.1) is 0 Å². The molecule has 0 saturated carbocycles. The zero-order valence-electron chi connectivity index (χ0n) is 16.2. The molecule has 3 rings (SSSR count). The van der Waals surface area contributed by atoms with Crippen LogP contribution in [0.1, 0.15) is 21.5 Å². The molecule has 0 fully saturated rings. The molecule has 0 radical (unpaired) electrons. The number of amides is 1. The Balaban J connectivity index is 1.53. The minimum atomic E-state index is -0.430. The third-order valence-electron chi connectivity index (χ3n) is 4.11. The number of hydrogen-bond acceptors (Lipinski definition) is 5. The van der Waals surface area contributed by atoms with E-state index >= 15 is 0 Å². The number of carbonyl (C=O) groups is 2. The van der Waals surface area contributed by atoms with Crippen molar-refractivity contribution in [3.63, 3.8) is 0 Å². The molecule has 0 aromatic heterocycles. The van der Waals surface area contributed by atoms with Gasteiger partial charge in [0.15, 0.2) is 0 Å². The zero-order chi connectivity index (χ0) is 21.3. The summed E-state index contributed by atoms with van der Waals surface area (Å²) in [7, 11) is 1.55. The van der Waals surface area contributed by atoms with Crippen molar-refractivity contribution in [3.05, 3.63) is 94.5 Å². The maximum absolute atomic E-state index is 12.1. The SMILES string of the molecule is COc1ccc(Cl)c(CC(=O)N/N=C/c2ccc(OC(=O)c3ccccc3)cc2)c1. The molecule has 0 aliphatic rings. The Labute approximate surface area is 179 Å². The lowest BCUT2D eigenvalue weighted by molar-refractivity contribution is -0.120. The Morgan fingerprint density at radius 2 is 1.70 bits per heavy atom. The maximum Gasteiger partial charge on any atom is 0.343 e.